The summed E-state index contributed by atoms with van der Waals surface area (Å²) < 4.78 is 1.96. The first-order valence-electron chi connectivity index (χ1n) is 8.91. The van der Waals surface area contributed by atoms with Gasteiger partial charge in [0.1, 0.15) is 0 Å². The molecule has 0 radical (unpaired) electrons. The molecule has 0 bridgehead atoms. The summed E-state index contributed by atoms with van der Waals surface area (Å²) in [5.74, 6) is 0.594. The number of hydrogen-bond acceptors (Lipinski definition) is 4. The Kier molecular flexibility index (Phi) is 4.59. The molecule has 6 heteroatoms. The summed E-state index contributed by atoms with van der Waals surface area (Å²) >= 11 is 1.70. The Hall–Kier alpha value is -2.47. The third-order valence-corrected chi connectivity index (χ3v) is 5.61. The number of nitrogens with one attached hydrogen (secondary N) is 1. The quantitative estimate of drug-likeness (QED) is 0.722. The summed E-state index contributed by atoms with van der Waals surface area (Å²) in [4.78, 5) is 17.1. The summed E-state index contributed by atoms with van der Waals surface area (Å²) in [6.07, 6.45) is 2.50. The lowest BCUT2D eigenvalue weighted by Gasteiger charge is -2.08. The van der Waals surface area contributed by atoms with Crippen LogP contribution in [-0.2, 0) is 13.1 Å². The zero-order chi connectivity index (χ0) is 18.1. The number of benzene rings is 1. The molecule has 1 aliphatic rings. The molecular weight excluding hydrogens is 344 g/mol. The van der Waals surface area contributed by atoms with Crippen molar-refractivity contribution >= 4 is 17.2 Å². The van der Waals surface area contributed by atoms with E-state index >= 15 is 0 Å². The SMILES string of the molecule is Cc1cc(C)n(Cc2cccc(C(=O)NCc3csc(C4CC4)n3)c2)n1. The number of thiazole rings is 1. The van der Waals surface area contributed by atoms with Crippen molar-refractivity contribution < 1.29 is 4.79 Å². The molecule has 0 spiro atoms. The van der Waals surface area contributed by atoms with E-state index in [0.29, 0.717) is 24.6 Å². The molecule has 2 heterocycles. The van der Waals surface area contributed by atoms with Gasteiger partial charge in [0.15, 0.2) is 0 Å². The molecule has 1 saturated carbocycles. The zero-order valence-corrected chi connectivity index (χ0v) is 15.8. The molecule has 5 nitrogen and oxygen atoms in total. The Morgan fingerprint density at radius 3 is 2.88 bits per heavy atom. The van der Waals surface area contributed by atoms with Gasteiger partial charge in [-0.3, -0.25) is 9.48 Å². The Balaban J connectivity index is 1.40. The van der Waals surface area contributed by atoms with Crippen LogP contribution in [0.4, 0.5) is 0 Å². The fourth-order valence-corrected chi connectivity index (χ4v) is 4.00. The topological polar surface area (TPSA) is 59.8 Å². The van der Waals surface area contributed by atoms with E-state index in [4.69, 9.17) is 0 Å². The van der Waals surface area contributed by atoms with Gasteiger partial charge in [-0.1, -0.05) is 12.1 Å². The largest absolute Gasteiger partial charge is 0.346 e. The smallest absolute Gasteiger partial charge is 0.251 e. The van der Waals surface area contributed by atoms with Crippen LogP contribution < -0.4 is 5.32 Å². The van der Waals surface area contributed by atoms with Crippen molar-refractivity contribution in [1.29, 1.82) is 0 Å². The maximum absolute atomic E-state index is 12.5. The lowest BCUT2D eigenvalue weighted by Crippen LogP contribution is -2.23. The second kappa shape index (κ2) is 7.03. The number of carbonyl (C=O) groups excluding carboxylic acids is 1. The first-order valence-corrected chi connectivity index (χ1v) is 9.79. The first-order chi connectivity index (χ1) is 12.6. The van der Waals surface area contributed by atoms with Crippen molar-refractivity contribution in [3.8, 4) is 0 Å². The van der Waals surface area contributed by atoms with Crippen LogP contribution in [0, 0.1) is 13.8 Å². The van der Waals surface area contributed by atoms with Crippen LogP contribution in [0.5, 0.6) is 0 Å². The van der Waals surface area contributed by atoms with Gasteiger partial charge in [-0.25, -0.2) is 4.98 Å². The summed E-state index contributed by atoms with van der Waals surface area (Å²) in [7, 11) is 0. The molecule has 0 aliphatic heterocycles. The number of nitrogens with zero attached hydrogens (tertiary/aromatic N) is 3. The predicted octanol–water partition coefficient (Wildman–Crippen LogP) is 3.81. The summed E-state index contributed by atoms with van der Waals surface area (Å²) in [5, 5.41) is 10.7. The average molecular weight is 366 g/mol. The molecule has 0 saturated heterocycles. The number of amides is 1. The van der Waals surface area contributed by atoms with Crippen molar-refractivity contribution in [2.45, 2.75) is 45.7 Å². The molecule has 1 amide bonds. The fraction of sp³-hybridized carbons (Fsp3) is 0.350. The lowest BCUT2D eigenvalue weighted by atomic mass is 10.1. The standard InChI is InChI=1S/C20H22N4OS/c1-13-8-14(2)24(23-13)11-15-4-3-5-17(9-15)19(25)21-10-18-12-26-20(22-18)16-6-7-16/h3-5,8-9,12,16H,6-7,10-11H2,1-2H3,(H,21,25). The third-order valence-electron chi connectivity index (χ3n) is 4.55. The second-order valence-electron chi connectivity index (χ2n) is 6.92. The van der Waals surface area contributed by atoms with Gasteiger partial charge >= 0.3 is 0 Å². The Morgan fingerprint density at radius 1 is 1.31 bits per heavy atom. The summed E-state index contributed by atoms with van der Waals surface area (Å²) in [5.41, 5.74) is 4.80. The number of aromatic nitrogens is 3. The van der Waals surface area contributed by atoms with Crippen LogP contribution in [0.25, 0.3) is 0 Å². The second-order valence-corrected chi connectivity index (χ2v) is 7.81. The van der Waals surface area contributed by atoms with Crippen LogP contribution in [0.3, 0.4) is 0 Å². The fourth-order valence-electron chi connectivity index (χ4n) is 3.01. The molecule has 26 heavy (non-hydrogen) atoms. The average Bonchev–Trinajstić information content (AvgIpc) is 3.29. The van der Waals surface area contributed by atoms with E-state index in [0.717, 1.165) is 22.6 Å². The van der Waals surface area contributed by atoms with E-state index in [1.54, 1.807) is 11.3 Å². The third kappa shape index (κ3) is 3.85. The highest BCUT2D eigenvalue weighted by atomic mass is 32.1. The van der Waals surface area contributed by atoms with Crippen LogP contribution in [0.15, 0.2) is 35.7 Å². The van der Waals surface area contributed by atoms with E-state index < -0.39 is 0 Å². The van der Waals surface area contributed by atoms with Crippen molar-refractivity contribution in [1.82, 2.24) is 20.1 Å². The molecule has 1 N–H and O–H groups in total. The maximum atomic E-state index is 12.5. The van der Waals surface area contributed by atoms with Gasteiger partial charge in [0.05, 0.1) is 29.5 Å². The van der Waals surface area contributed by atoms with E-state index in [2.05, 4.69) is 21.5 Å². The van der Waals surface area contributed by atoms with Crippen LogP contribution >= 0.6 is 11.3 Å². The van der Waals surface area contributed by atoms with Gasteiger partial charge in [-0.05, 0) is 50.5 Å². The van der Waals surface area contributed by atoms with Crippen molar-refractivity contribution in [2.75, 3.05) is 0 Å². The predicted molar refractivity (Wildman–Crippen MR) is 103 cm³/mol. The minimum absolute atomic E-state index is 0.0683. The molecule has 1 aliphatic carbocycles. The zero-order valence-electron chi connectivity index (χ0n) is 15.0. The van der Waals surface area contributed by atoms with Crippen molar-refractivity contribution in [3.63, 3.8) is 0 Å². The van der Waals surface area contributed by atoms with E-state index in [1.807, 2.05) is 48.2 Å². The molecular formula is C20H22N4OS. The Labute approximate surface area is 157 Å². The molecule has 0 atom stereocenters. The van der Waals surface area contributed by atoms with Crippen LogP contribution in [0.1, 0.15) is 56.8 Å². The summed E-state index contributed by atoms with van der Waals surface area (Å²) in [6.45, 7) is 5.17. The van der Waals surface area contributed by atoms with Gasteiger partial charge in [-0.15, -0.1) is 11.3 Å². The number of hydrogen-bond donors (Lipinski definition) is 1. The van der Waals surface area contributed by atoms with Crippen LogP contribution in [-0.4, -0.2) is 20.7 Å². The number of carbonyl (C=O) groups is 1. The highest BCUT2D eigenvalue weighted by molar-refractivity contribution is 7.09. The molecule has 3 aromatic rings. The van der Waals surface area contributed by atoms with Gasteiger partial charge < -0.3 is 5.32 Å². The first kappa shape index (κ1) is 17.0. The van der Waals surface area contributed by atoms with Crippen molar-refractivity contribution in [3.05, 3.63) is 68.9 Å². The van der Waals surface area contributed by atoms with Crippen LogP contribution in [0.2, 0.25) is 0 Å². The monoisotopic (exact) mass is 366 g/mol. The highest BCUT2D eigenvalue weighted by Gasteiger charge is 2.26. The molecule has 2 aromatic heterocycles. The van der Waals surface area contributed by atoms with Gasteiger partial charge in [0.2, 0.25) is 0 Å². The van der Waals surface area contributed by atoms with Gasteiger partial charge in [-0.2, -0.15) is 5.10 Å². The minimum atomic E-state index is -0.0683. The van der Waals surface area contributed by atoms with E-state index in [9.17, 15) is 4.79 Å². The molecule has 4 rings (SSSR count). The minimum Gasteiger partial charge on any atom is -0.346 e. The van der Waals surface area contributed by atoms with Gasteiger partial charge in [0.25, 0.3) is 5.91 Å². The molecule has 1 aromatic carbocycles. The highest BCUT2D eigenvalue weighted by Crippen LogP contribution is 2.41. The Morgan fingerprint density at radius 2 is 2.15 bits per heavy atom. The van der Waals surface area contributed by atoms with E-state index in [-0.39, 0.29) is 5.91 Å². The lowest BCUT2D eigenvalue weighted by molar-refractivity contribution is 0.0950. The number of rotatable bonds is 6. The van der Waals surface area contributed by atoms with Crippen molar-refractivity contribution in [2.24, 2.45) is 0 Å². The normalized spacial score (nSPS) is 13.8. The maximum Gasteiger partial charge on any atom is 0.251 e. The summed E-state index contributed by atoms with van der Waals surface area (Å²) in [6, 6.07) is 9.78. The number of aryl methyl sites for hydroxylation is 2. The van der Waals surface area contributed by atoms with Gasteiger partial charge in [0, 0.05) is 22.6 Å². The molecule has 134 valence electrons. The van der Waals surface area contributed by atoms with E-state index in [1.165, 1.54) is 17.8 Å². The molecule has 0 unspecified atom stereocenters. The Bertz CT molecular complexity index is 939. The molecule has 1 fully saturated rings.